The Hall–Kier alpha value is -1.17. The van der Waals surface area contributed by atoms with Crippen LogP contribution in [0.3, 0.4) is 0 Å². The van der Waals surface area contributed by atoms with Crippen LogP contribution in [0.25, 0.3) is 0 Å². The molecule has 0 radical (unpaired) electrons. The molecule has 2 heterocycles. The summed E-state index contributed by atoms with van der Waals surface area (Å²) in [4.78, 5) is 9.25. The van der Waals surface area contributed by atoms with Gasteiger partial charge in [0.2, 0.25) is 0 Å². The molecule has 0 aromatic carbocycles. The summed E-state index contributed by atoms with van der Waals surface area (Å²) in [6.45, 7) is 7.37. The van der Waals surface area contributed by atoms with Crippen molar-refractivity contribution in [2.75, 3.05) is 13.2 Å². The van der Waals surface area contributed by atoms with E-state index in [9.17, 15) is 13.5 Å². The Morgan fingerprint density at radius 2 is 1.69 bits per heavy atom. The number of hydrogen-bond donors (Lipinski definition) is 1. The minimum absolute atomic E-state index is 0.0979. The molecule has 11 heteroatoms. The van der Waals surface area contributed by atoms with Crippen molar-refractivity contribution < 1.29 is 21.9 Å². The molecule has 32 heavy (non-hydrogen) atoms. The van der Waals surface area contributed by atoms with Crippen molar-refractivity contribution in [3.63, 3.8) is 0 Å². The van der Waals surface area contributed by atoms with Gasteiger partial charge in [0.25, 0.3) is 0 Å². The van der Waals surface area contributed by atoms with E-state index in [0.29, 0.717) is 10.6 Å². The van der Waals surface area contributed by atoms with E-state index in [2.05, 4.69) is 29.8 Å². The van der Waals surface area contributed by atoms with Crippen LogP contribution in [0.5, 0.6) is 0 Å². The second-order valence-corrected chi connectivity index (χ2v) is 9.58. The maximum absolute atomic E-state index is 10.9. The van der Waals surface area contributed by atoms with E-state index < -0.39 is 10.4 Å². The Balaban J connectivity index is 0.000000347. The molecule has 2 aromatic rings. The molecule has 0 unspecified atom stereocenters. The number of unbranched alkanes of at least 4 members (excludes halogenated alkanes) is 3. The van der Waals surface area contributed by atoms with Crippen LogP contribution in [0, 0.1) is 0 Å². The van der Waals surface area contributed by atoms with E-state index in [1.165, 1.54) is 11.8 Å². The third-order valence-electron chi connectivity index (χ3n) is 4.21. The molecule has 0 amide bonds. The quantitative estimate of drug-likeness (QED) is 0.346. The fraction of sp³-hybridized carbons (Fsp3) is 0.619. The Morgan fingerprint density at radius 1 is 1.06 bits per heavy atom. The fourth-order valence-corrected chi connectivity index (χ4v) is 4.30. The molecule has 0 saturated heterocycles. The summed E-state index contributed by atoms with van der Waals surface area (Å²) in [5.74, 6) is 0. The highest BCUT2D eigenvalue weighted by atomic mass is 35.5. The highest BCUT2D eigenvalue weighted by Gasteiger charge is 2.12. The molecule has 2 aromatic heterocycles. The van der Waals surface area contributed by atoms with Crippen molar-refractivity contribution in [3.8, 4) is 0 Å². The number of pyridine rings is 1. The van der Waals surface area contributed by atoms with E-state index in [4.69, 9.17) is 11.6 Å². The Morgan fingerprint density at radius 3 is 2.25 bits per heavy atom. The zero-order valence-corrected chi connectivity index (χ0v) is 21.4. The first-order valence-electron chi connectivity index (χ1n) is 10.8. The molecule has 0 saturated carbocycles. The molecule has 0 aliphatic carbocycles. The first-order valence-corrected chi connectivity index (χ1v) is 13.4. The van der Waals surface area contributed by atoms with Crippen molar-refractivity contribution >= 4 is 33.8 Å². The van der Waals surface area contributed by atoms with Gasteiger partial charge in [-0.2, -0.15) is 8.42 Å². The van der Waals surface area contributed by atoms with E-state index in [1.807, 2.05) is 20.0 Å². The van der Waals surface area contributed by atoms with Crippen LogP contribution in [0.4, 0.5) is 0 Å². The average Bonchev–Trinajstić information content (AvgIpc) is 3.20. The second kappa shape index (κ2) is 16.4. The normalized spacial score (nSPS) is 11.3. The van der Waals surface area contributed by atoms with Crippen LogP contribution in [0.2, 0.25) is 5.02 Å². The number of rotatable bonds is 14. The SMILES string of the molecule is CCCCOS(=O)(=O)OCCCC.CCCCn1ccnc1Sc1cncc(Cl)c1CO. The molecule has 0 aliphatic rings. The van der Waals surface area contributed by atoms with E-state index >= 15 is 0 Å². The second-order valence-electron chi connectivity index (χ2n) is 6.87. The third kappa shape index (κ3) is 11.1. The highest BCUT2D eigenvalue weighted by Crippen LogP contribution is 2.32. The summed E-state index contributed by atoms with van der Waals surface area (Å²) >= 11 is 7.51. The molecule has 0 bridgehead atoms. The van der Waals surface area contributed by atoms with Crippen LogP contribution in [0.15, 0.2) is 34.8 Å². The summed E-state index contributed by atoms with van der Waals surface area (Å²) in [5, 5.41) is 10.8. The number of aliphatic hydroxyl groups is 1. The number of aromatic nitrogens is 3. The zero-order chi connectivity index (χ0) is 23.8. The Kier molecular flexibility index (Phi) is 14.8. The first kappa shape index (κ1) is 28.9. The van der Waals surface area contributed by atoms with E-state index in [-0.39, 0.29) is 19.8 Å². The van der Waals surface area contributed by atoms with Gasteiger partial charge in [0.15, 0.2) is 5.16 Å². The lowest BCUT2D eigenvalue weighted by molar-refractivity contribution is 0.210. The molecule has 182 valence electrons. The van der Waals surface area contributed by atoms with Gasteiger partial charge < -0.3 is 9.67 Å². The van der Waals surface area contributed by atoms with Crippen molar-refractivity contribution in [1.29, 1.82) is 0 Å². The highest BCUT2D eigenvalue weighted by molar-refractivity contribution is 7.99. The summed E-state index contributed by atoms with van der Waals surface area (Å²) in [7, 11) is -3.73. The summed E-state index contributed by atoms with van der Waals surface area (Å²) in [5.41, 5.74) is 0.701. The van der Waals surface area contributed by atoms with E-state index in [1.54, 1.807) is 18.6 Å². The number of hydrogen-bond acceptors (Lipinski definition) is 8. The molecule has 2 rings (SSSR count). The van der Waals surface area contributed by atoms with Gasteiger partial charge in [-0.1, -0.05) is 51.6 Å². The van der Waals surface area contributed by atoms with Gasteiger partial charge in [-0.15, -0.1) is 0 Å². The largest absolute Gasteiger partial charge is 0.399 e. The predicted octanol–water partition coefficient (Wildman–Crippen LogP) is 5.24. The third-order valence-corrected chi connectivity index (χ3v) is 6.54. The van der Waals surface area contributed by atoms with Gasteiger partial charge in [-0.3, -0.25) is 4.98 Å². The summed E-state index contributed by atoms with van der Waals surface area (Å²) in [6.07, 6.45) is 12.5. The van der Waals surface area contributed by atoms with Gasteiger partial charge in [-0.25, -0.2) is 13.4 Å². The maximum atomic E-state index is 10.9. The number of halogens is 1. The fourth-order valence-electron chi connectivity index (χ4n) is 2.33. The number of nitrogens with zero attached hydrogens (tertiary/aromatic N) is 3. The molecule has 8 nitrogen and oxygen atoms in total. The topological polar surface area (TPSA) is 104 Å². The zero-order valence-electron chi connectivity index (χ0n) is 19.0. The molecule has 1 N–H and O–H groups in total. The van der Waals surface area contributed by atoms with E-state index in [0.717, 1.165) is 55.1 Å². The Labute approximate surface area is 201 Å². The molecule has 0 spiro atoms. The van der Waals surface area contributed by atoms with Gasteiger partial charge in [0.1, 0.15) is 0 Å². The van der Waals surface area contributed by atoms with Crippen molar-refractivity contribution in [2.45, 2.75) is 82.5 Å². The van der Waals surface area contributed by atoms with Crippen LogP contribution in [-0.2, 0) is 31.9 Å². The number of aryl methyl sites for hydroxylation is 1. The van der Waals surface area contributed by atoms with Gasteiger partial charge in [-0.05, 0) is 31.0 Å². The molecular formula is C21H34ClN3O5S2. The van der Waals surface area contributed by atoms with Gasteiger partial charge in [0.05, 0.1) is 24.8 Å². The summed E-state index contributed by atoms with van der Waals surface area (Å²) < 4.78 is 33.1. The van der Waals surface area contributed by atoms with Gasteiger partial charge >= 0.3 is 10.4 Å². The van der Waals surface area contributed by atoms with Gasteiger partial charge in [0, 0.05) is 41.8 Å². The minimum Gasteiger partial charge on any atom is -0.392 e. The standard InChI is InChI=1S/C13H16ClN3OS.C8H18O4S/c1-2-3-5-17-6-4-16-13(17)19-12-8-15-7-11(14)10(12)9-18;1-3-5-7-11-13(9,10)12-8-6-4-2/h4,6-8,18H,2-3,5,9H2,1H3;3-8H2,1-2H3. The maximum Gasteiger partial charge on any atom is 0.399 e. The first-order chi connectivity index (χ1) is 15.4. The Bertz CT molecular complexity index is 862. The number of aliphatic hydroxyl groups excluding tert-OH is 1. The lowest BCUT2D eigenvalue weighted by Crippen LogP contribution is -2.11. The predicted molar refractivity (Wildman–Crippen MR) is 127 cm³/mol. The summed E-state index contributed by atoms with van der Waals surface area (Å²) in [6, 6.07) is 0. The average molecular weight is 508 g/mol. The van der Waals surface area contributed by atoms with Crippen LogP contribution in [0.1, 0.15) is 64.9 Å². The van der Waals surface area contributed by atoms with Crippen LogP contribution in [-0.4, -0.2) is 41.3 Å². The molecular weight excluding hydrogens is 474 g/mol. The number of imidazole rings is 1. The molecule has 0 aliphatic heterocycles. The van der Waals surface area contributed by atoms with Crippen molar-refractivity contribution in [2.24, 2.45) is 0 Å². The van der Waals surface area contributed by atoms with Crippen molar-refractivity contribution in [3.05, 3.63) is 35.4 Å². The lowest BCUT2D eigenvalue weighted by atomic mass is 10.3. The molecule has 0 atom stereocenters. The van der Waals surface area contributed by atoms with Crippen molar-refractivity contribution in [1.82, 2.24) is 14.5 Å². The molecule has 0 fully saturated rings. The monoisotopic (exact) mass is 507 g/mol. The van der Waals surface area contributed by atoms with Crippen LogP contribution >= 0.6 is 23.4 Å². The minimum atomic E-state index is -3.73. The lowest BCUT2D eigenvalue weighted by Gasteiger charge is -2.09. The van der Waals surface area contributed by atoms with Crippen LogP contribution < -0.4 is 0 Å². The smallest absolute Gasteiger partial charge is 0.392 e.